The van der Waals surface area contributed by atoms with Gasteiger partial charge in [0.1, 0.15) is 5.75 Å². The molecule has 1 aliphatic rings. The van der Waals surface area contributed by atoms with E-state index >= 15 is 0 Å². The molecule has 5 heteroatoms. The van der Waals surface area contributed by atoms with Gasteiger partial charge in [0.25, 0.3) is 0 Å². The minimum atomic E-state index is -0.748. The summed E-state index contributed by atoms with van der Waals surface area (Å²) in [7, 11) is 0. The Morgan fingerprint density at radius 1 is 0.839 bits per heavy atom. The molecule has 0 spiro atoms. The molecule has 0 radical (unpaired) electrons. The minimum absolute atomic E-state index is 0.155. The molecular weight excluding hydrogens is 424 g/mol. The number of aromatic hydroxyl groups is 1. The molecule has 3 aromatic carbocycles. The van der Waals surface area contributed by atoms with Crippen LogP contribution in [0.15, 0.2) is 77.7 Å². The van der Waals surface area contributed by atoms with Gasteiger partial charge in [-0.05, 0) is 36.1 Å². The van der Waals surface area contributed by atoms with Crippen molar-refractivity contribution in [3.05, 3.63) is 72.8 Å². The molecule has 3 aromatic rings. The summed E-state index contributed by atoms with van der Waals surface area (Å²) in [4.78, 5) is 12.2. The van der Waals surface area contributed by atoms with Crippen LogP contribution in [0.5, 0.6) is 5.75 Å². The second-order valence-electron chi connectivity index (χ2n) is 7.78. The highest BCUT2D eigenvalue weighted by Gasteiger charge is 2.27. The molecule has 1 fully saturated rings. The molecule has 2 unspecified atom stereocenters. The molecular formula is C26H26O3S2. The lowest BCUT2D eigenvalue weighted by Crippen LogP contribution is -2.25. The van der Waals surface area contributed by atoms with Gasteiger partial charge in [-0.25, -0.2) is 0 Å². The van der Waals surface area contributed by atoms with Crippen LogP contribution in [0.1, 0.15) is 25.7 Å². The van der Waals surface area contributed by atoms with Gasteiger partial charge in [-0.3, -0.25) is 4.79 Å². The number of hydrogen-bond donors (Lipinski definition) is 2. The van der Waals surface area contributed by atoms with Crippen LogP contribution >= 0.6 is 23.5 Å². The molecule has 0 bridgehead atoms. The highest BCUT2D eigenvalue weighted by Crippen LogP contribution is 2.45. The fourth-order valence-corrected chi connectivity index (χ4v) is 6.83. The SMILES string of the molecule is O=C(O)CSC1CCCCC1Sc1cc(-c2ccccc2)c(O)c(-c2ccccc2)c1. The first-order valence-electron chi connectivity index (χ1n) is 10.6. The molecule has 4 rings (SSSR count). The first-order valence-corrected chi connectivity index (χ1v) is 12.5. The summed E-state index contributed by atoms with van der Waals surface area (Å²) in [5.74, 6) is -0.300. The summed E-state index contributed by atoms with van der Waals surface area (Å²) in [6.07, 6.45) is 4.49. The summed E-state index contributed by atoms with van der Waals surface area (Å²) in [5, 5.41) is 21.0. The zero-order chi connectivity index (χ0) is 21.6. The monoisotopic (exact) mass is 450 g/mol. The zero-order valence-electron chi connectivity index (χ0n) is 17.2. The van der Waals surface area contributed by atoms with Gasteiger partial charge in [-0.1, -0.05) is 73.5 Å². The number of thioether (sulfide) groups is 2. The Labute approximate surface area is 191 Å². The smallest absolute Gasteiger partial charge is 0.313 e. The lowest BCUT2D eigenvalue weighted by Gasteiger charge is -2.30. The average molecular weight is 451 g/mol. The van der Waals surface area contributed by atoms with Crippen LogP contribution in [0.4, 0.5) is 0 Å². The van der Waals surface area contributed by atoms with Crippen molar-refractivity contribution >= 4 is 29.5 Å². The first-order chi connectivity index (χ1) is 15.1. The zero-order valence-corrected chi connectivity index (χ0v) is 18.9. The van der Waals surface area contributed by atoms with Crippen molar-refractivity contribution in [3.8, 4) is 28.0 Å². The predicted octanol–water partition coefficient (Wildman–Crippen LogP) is 6.95. The lowest BCUT2D eigenvalue weighted by atomic mass is 9.97. The van der Waals surface area contributed by atoms with Crippen LogP contribution in [0.3, 0.4) is 0 Å². The number of benzene rings is 3. The average Bonchev–Trinajstić information content (AvgIpc) is 2.80. The maximum atomic E-state index is 11.1. The maximum Gasteiger partial charge on any atom is 0.313 e. The van der Waals surface area contributed by atoms with E-state index in [9.17, 15) is 9.90 Å². The van der Waals surface area contributed by atoms with Gasteiger partial charge >= 0.3 is 5.97 Å². The molecule has 160 valence electrons. The third kappa shape index (κ3) is 5.46. The van der Waals surface area contributed by atoms with E-state index in [1.165, 1.54) is 6.42 Å². The van der Waals surface area contributed by atoms with Gasteiger partial charge in [0.15, 0.2) is 0 Å². The van der Waals surface area contributed by atoms with Gasteiger partial charge < -0.3 is 10.2 Å². The number of rotatable bonds is 7. The molecule has 2 atom stereocenters. The van der Waals surface area contributed by atoms with Crippen LogP contribution in [-0.2, 0) is 4.79 Å². The van der Waals surface area contributed by atoms with Gasteiger partial charge in [0.05, 0.1) is 5.75 Å². The van der Waals surface area contributed by atoms with Gasteiger partial charge in [-0.2, -0.15) is 0 Å². The Hall–Kier alpha value is -2.37. The molecule has 0 amide bonds. The van der Waals surface area contributed by atoms with Crippen molar-refractivity contribution in [3.63, 3.8) is 0 Å². The molecule has 1 aliphatic carbocycles. The Morgan fingerprint density at radius 3 is 1.87 bits per heavy atom. The molecule has 31 heavy (non-hydrogen) atoms. The Morgan fingerprint density at radius 2 is 1.35 bits per heavy atom. The molecule has 0 aliphatic heterocycles. The van der Waals surface area contributed by atoms with Gasteiger partial charge in [0.2, 0.25) is 0 Å². The number of carboxylic acid groups (broad SMARTS) is 1. The van der Waals surface area contributed by atoms with Gasteiger partial charge in [0, 0.05) is 26.5 Å². The Kier molecular flexibility index (Phi) is 7.25. The number of carbonyl (C=O) groups is 1. The second-order valence-corrected chi connectivity index (χ2v) is 10.3. The second kappa shape index (κ2) is 10.3. The van der Waals surface area contributed by atoms with Crippen LogP contribution in [0, 0.1) is 0 Å². The van der Waals surface area contributed by atoms with E-state index in [0.29, 0.717) is 16.2 Å². The van der Waals surface area contributed by atoms with Crippen LogP contribution < -0.4 is 0 Å². The fourth-order valence-electron chi connectivity index (χ4n) is 4.09. The van der Waals surface area contributed by atoms with Gasteiger partial charge in [-0.15, -0.1) is 23.5 Å². The summed E-state index contributed by atoms with van der Waals surface area (Å²) >= 11 is 3.39. The van der Waals surface area contributed by atoms with Crippen molar-refractivity contribution in [1.29, 1.82) is 0 Å². The van der Waals surface area contributed by atoms with Crippen molar-refractivity contribution in [2.24, 2.45) is 0 Å². The number of aliphatic carboxylic acids is 1. The molecule has 0 saturated heterocycles. The highest BCUT2D eigenvalue weighted by atomic mass is 32.2. The Balaban J connectivity index is 1.70. The number of phenolic OH excluding ortho intramolecular Hbond substituents is 1. The lowest BCUT2D eigenvalue weighted by molar-refractivity contribution is -0.133. The van der Waals surface area contributed by atoms with E-state index in [1.54, 1.807) is 11.8 Å². The maximum absolute atomic E-state index is 11.1. The summed E-state index contributed by atoms with van der Waals surface area (Å²) in [6.45, 7) is 0. The number of phenols is 1. The van der Waals surface area contributed by atoms with E-state index in [0.717, 1.165) is 46.4 Å². The van der Waals surface area contributed by atoms with E-state index < -0.39 is 5.97 Å². The Bertz CT molecular complexity index is 961. The quantitative estimate of drug-likeness (QED) is 0.408. The van der Waals surface area contributed by atoms with Crippen LogP contribution in [0.2, 0.25) is 0 Å². The van der Waals surface area contributed by atoms with Crippen LogP contribution in [-0.4, -0.2) is 32.4 Å². The topological polar surface area (TPSA) is 57.5 Å². The number of carboxylic acids is 1. The van der Waals surface area contributed by atoms with E-state index in [2.05, 4.69) is 12.1 Å². The van der Waals surface area contributed by atoms with Crippen molar-refractivity contribution < 1.29 is 15.0 Å². The van der Waals surface area contributed by atoms with Crippen molar-refractivity contribution in [2.45, 2.75) is 41.1 Å². The predicted molar refractivity (Wildman–Crippen MR) is 131 cm³/mol. The highest BCUT2D eigenvalue weighted by molar-refractivity contribution is 8.04. The van der Waals surface area contributed by atoms with Crippen LogP contribution in [0.25, 0.3) is 22.3 Å². The van der Waals surface area contributed by atoms with E-state index in [4.69, 9.17) is 5.11 Å². The standard InChI is InChI=1S/C26H26O3S2/c27-25(28)17-30-23-13-7-8-14-24(23)31-20-15-21(18-9-3-1-4-10-18)26(29)22(16-20)19-11-5-2-6-12-19/h1-6,9-12,15-16,23-24,29H,7-8,13-14,17H2,(H,27,28). The third-order valence-electron chi connectivity index (χ3n) is 5.60. The first kappa shape index (κ1) is 21.8. The summed E-state index contributed by atoms with van der Waals surface area (Å²) in [5.41, 5.74) is 3.63. The minimum Gasteiger partial charge on any atom is -0.507 e. The molecule has 3 nitrogen and oxygen atoms in total. The van der Waals surface area contributed by atoms with E-state index in [1.807, 2.05) is 72.4 Å². The number of hydrogen-bond acceptors (Lipinski definition) is 4. The van der Waals surface area contributed by atoms with Crippen molar-refractivity contribution in [1.82, 2.24) is 0 Å². The molecule has 0 aromatic heterocycles. The summed E-state index contributed by atoms with van der Waals surface area (Å²) < 4.78 is 0. The third-order valence-corrected chi connectivity index (χ3v) is 8.56. The normalized spacial score (nSPS) is 18.6. The van der Waals surface area contributed by atoms with Crippen molar-refractivity contribution in [2.75, 3.05) is 5.75 Å². The molecule has 2 N–H and O–H groups in total. The molecule has 0 heterocycles. The molecule has 1 saturated carbocycles. The summed E-state index contributed by atoms with van der Waals surface area (Å²) in [6, 6.07) is 24.1. The van der Waals surface area contributed by atoms with E-state index in [-0.39, 0.29) is 5.75 Å². The largest absolute Gasteiger partial charge is 0.507 e. The fraction of sp³-hybridized carbons (Fsp3) is 0.269.